The van der Waals surface area contributed by atoms with Crippen LogP contribution in [0.25, 0.3) is 0 Å². The number of hydrogen-bond acceptors (Lipinski definition) is 3. The van der Waals surface area contributed by atoms with E-state index in [0.717, 1.165) is 18.2 Å². The van der Waals surface area contributed by atoms with E-state index in [1.807, 2.05) is 0 Å². The SMILES string of the molecule is CC(C)(CO)CNS(=O)(=O)c1ccc(F)c(Cl)c1. The van der Waals surface area contributed by atoms with Crippen molar-refractivity contribution in [2.45, 2.75) is 18.7 Å². The quantitative estimate of drug-likeness (QED) is 0.870. The summed E-state index contributed by atoms with van der Waals surface area (Å²) >= 11 is 5.53. The van der Waals surface area contributed by atoms with Crippen LogP contribution in [0.4, 0.5) is 4.39 Å². The largest absolute Gasteiger partial charge is 0.396 e. The van der Waals surface area contributed by atoms with Crippen molar-refractivity contribution in [2.24, 2.45) is 5.41 Å². The summed E-state index contributed by atoms with van der Waals surface area (Å²) in [7, 11) is -3.76. The molecule has 0 aliphatic carbocycles. The van der Waals surface area contributed by atoms with E-state index < -0.39 is 21.3 Å². The lowest BCUT2D eigenvalue weighted by Crippen LogP contribution is -2.36. The molecule has 102 valence electrons. The van der Waals surface area contributed by atoms with Crippen molar-refractivity contribution >= 4 is 21.6 Å². The first-order valence-corrected chi connectivity index (χ1v) is 7.10. The van der Waals surface area contributed by atoms with Crippen molar-refractivity contribution in [3.63, 3.8) is 0 Å². The number of benzene rings is 1. The number of halogens is 2. The van der Waals surface area contributed by atoms with Crippen molar-refractivity contribution < 1.29 is 17.9 Å². The average Bonchev–Trinajstić information content (AvgIpc) is 2.30. The molecule has 0 bridgehead atoms. The Bertz CT molecular complexity index is 531. The maximum atomic E-state index is 12.9. The Morgan fingerprint density at radius 1 is 1.44 bits per heavy atom. The van der Waals surface area contributed by atoms with E-state index in [1.165, 1.54) is 0 Å². The fourth-order valence-electron chi connectivity index (χ4n) is 1.07. The smallest absolute Gasteiger partial charge is 0.240 e. The van der Waals surface area contributed by atoms with Crippen LogP contribution in [0.5, 0.6) is 0 Å². The Kier molecular flexibility index (Phi) is 4.72. The van der Waals surface area contributed by atoms with Crippen molar-refractivity contribution in [3.05, 3.63) is 29.0 Å². The van der Waals surface area contributed by atoms with Crippen LogP contribution in [0.2, 0.25) is 5.02 Å². The first-order valence-electron chi connectivity index (χ1n) is 5.23. The van der Waals surface area contributed by atoms with E-state index in [1.54, 1.807) is 13.8 Å². The maximum absolute atomic E-state index is 12.9. The van der Waals surface area contributed by atoms with Crippen LogP contribution < -0.4 is 4.72 Å². The summed E-state index contributed by atoms with van der Waals surface area (Å²) in [5, 5.41) is 8.79. The van der Waals surface area contributed by atoms with E-state index in [9.17, 15) is 12.8 Å². The zero-order valence-electron chi connectivity index (χ0n) is 10.1. The van der Waals surface area contributed by atoms with Gasteiger partial charge in [-0.05, 0) is 18.2 Å². The fraction of sp³-hybridized carbons (Fsp3) is 0.455. The second-order valence-corrected chi connectivity index (χ2v) is 6.90. The van der Waals surface area contributed by atoms with Gasteiger partial charge in [-0.1, -0.05) is 25.4 Å². The van der Waals surface area contributed by atoms with Crippen LogP contribution in [-0.2, 0) is 10.0 Å². The predicted octanol–water partition coefficient (Wildman–Crippen LogP) is 1.78. The molecule has 2 N–H and O–H groups in total. The predicted molar refractivity (Wildman–Crippen MR) is 67.5 cm³/mol. The molecule has 0 fully saturated rings. The van der Waals surface area contributed by atoms with Crippen LogP contribution in [0, 0.1) is 11.2 Å². The van der Waals surface area contributed by atoms with Gasteiger partial charge in [0.25, 0.3) is 0 Å². The normalized spacial score (nSPS) is 12.7. The first-order chi connectivity index (χ1) is 8.18. The van der Waals surface area contributed by atoms with E-state index in [4.69, 9.17) is 16.7 Å². The lowest BCUT2D eigenvalue weighted by molar-refractivity contribution is 0.163. The highest BCUT2D eigenvalue weighted by Crippen LogP contribution is 2.20. The summed E-state index contributed by atoms with van der Waals surface area (Å²) in [4.78, 5) is -0.109. The molecule has 0 unspecified atom stereocenters. The topological polar surface area (TPSA) is 66.4 Å². The molecular formula is C11H15ClFNO3S. The zero-order valence-corrected chi connectivity index (χ0v) is 11.6. The van der Waals surface area contributed by atoms with E-state index in [-0.39, 0.29) is 23.1 Å². The summed E-state index contributed by atoms with van der Waals surface area (Å²) < 4.78 is 39.0. The third kappa shape index (κ3) is 3.91. The van der Waals surface area contributed by atoms with Crippen molar-refractivity contribution in [2.75, 3.05) is 13.2 Å². The average molecular weight is 296 g/mol. The number of nitrogens with one attached hydrogen (secondary N) is 1. The number of aliphatic hydroxyl groups is 1. The Morgan fingerprint density at radius 2 is 2.06 bits per heavy atom. The molecule has 4 nitrogen and oxygen atoms in total. The molecule has 1 rings (SSSR count). The highest BCUT2D eigenvalue weighted by atomic mass is 35.5. The van der Waals surface area contributed by atoms with Crippen molar-refractivity contribution in [3.8, 4) is 0 Å². The highest BCUT2D eigenvalue weighted by molar-refractivity contribution is 7.89. The van der Waals surface area contributed by atoms with Gasteiger partial charge in [-0.15, -0.1) is 0 Å². The Labute approximate surface area is 111 Å². The number of hydrogen-bond donors (Lipinski definition) is 2. The standard InChI is InChI=1S/C11H15ClFNO3S/c1-11(2,7-15)6-14-18(16,17)8-3-4-10(13)9(12)5-8/h3-5,14-15H,6-7H2,1-2H3. The molecule has 0 aliphatic rings. The van der Waals surface area contributed by atoms with Gasteiger partial charge in [0.2, 0.25) is 10.0 Å². The first kappa shape index (κ1) is 15.4. The van der Waals surface area contributed by atoms with Gasteiger partial charge in [0, 0.05) is 18.6 Å². The third-order valence-electron chi connectivity index (χ3n) is 2.37. The van der Waals surface area contributed by atoms with E-state index in [2.05, 4.69) is 4.72 Å². The van der Waals surface area contributed by atoms with Gasteiger partial charge in [-0.3, -0.25) is 0 Å². The lowest BCUT2D eigenvalue weighted by Gasteiger charge is -2.21. The second kappa shape index (κ2) is 5.52. The van der Waals surface area contributed by atoms with E-state index >= 15 is 0 Å². The van der Waals surface area contributed by atoms with Crippen LogP contribution in [-0.4, -0.2) is 26.7 Å². The Balaban J connectivity index is 2.90. The van der Waals surface area contributed by atoms with Gasteiger partial charge in [-0.2, -0.15) is 0 Å². The Hall–Kier alpha value is -0.690. The van der Waals surface area contributed by atoms with Crippen LogP contribution in [0.1, 0.15) is 13.8 Å². The summed E-state index contributed by atoms with van der Waals surface area (Å²) in [6.07, 6.45) is 0. The van der Waals surface area contributed by atoms with Crippen LogP contribution >= 0.6 is 11.6 Å². The number of sulfonamides is 1. The Morgan fingerprint density at radius 3 is 2.56 bits per heavy atom. The molecule has 0 aliphatic heterocycles. The number of aliphatic hydroxyl groups excluding tert-OH is 1. The molecule has 7 heteroatoms. The van der Waals surface area contributed by atoms with Gasteiger partial charge in [0.05, 0.1) is 9.92 Å². The zero-order chi connectivity index (χ0) is 14.0. The van der Waals surface area contributed by atoms with Gasteiger partial charge >= 0.3 is 0 Å². The molecule has 0 heterocycles. The lowest BCUT2D eigenvalue weighted by atomic mass is 9.96. The molecule has 0 aromatic heterocycles. The second-order valence-electron chi connectivity index (χ2n) is 4.72. The van der Waals surface area contributed by atoms with Crippen LogP contribution in [0.3, 0.4) is 0 Å². The molecule has 0 spiro atoms. The molecule has 0 saturated carbocycles. The minimum atomic E-state index is -3.76. The minimum absolute atomic E-state index is 0.0703. The third-order valence-corrected chi connectivity index (χ3v) is 4.06. The van der Waals surface area contributed by atoms with Crippen molar-refractivity contribution in [1.82, 2.24) is 4.72 Å². The van der Waals surface area contributed by atoms with Gasteiger partial charge in [0.1, 0.15) is 5.82 Å². The molecule has 18 heavy (non-hydrogen) atoms. The molecule has 0 saturated heterocycles. The van der Waals surface area contributed by atoms with Gasteiger partial charge in [0.15, 0.2) is 0 Å². The molecule has 0 atom stereocenters. The molecule has 1 aromatic carbocycles. The summed E-state index contributed by atoms with van der Waals surface area (Å²) in [5.41, 5.74) is -0.573. The van der Waals surface area contributed by atoms with Gasteiger partial charge in [-0.25, -0.2) is 17.5 Å². The monoisotopic (exact) mass is 295 g/mol. The molecule has 1 aromatic rings. The highest BCUT2D eigenvalue weighted by Gasteiger charge is 2.22. The minimum Gasteiger partial charge on any atom is -0.396 e. The summed E-state index contributed by atoms with van der Waals surface area (Å²) in [6, 6.07) is 3.18. The molecular weight excluding hydrogens is 281 g/mol. The van der Waals surface area contributed by atoms with Crippen LogP contribution in [0.15, 0.2) is 23.1 Å². The fourth-order valence-corrected chi connectivity index (χ4v) is 2.59. The summed E-state index contributed by atoms with van der Waals surface area (Å²) in [5.74, 6) is -0.675. The molecule has 0 amide bonds. The van der Waals surface area contributed by atoms with Crippen molar-refractivity contribution in [1.29, 1.82) is 0 Å². The summed E-state index contributed by atoms with van der Waals surface area (Å²) in [6.45, 7) is 3.35. The number of rotatable bonds is 5. The molecule has 0 radical (unpaired) electrons. The maximum Gasteiger partial charge on any atom is 0.240 e. The van der Waals surface area contributed by atoms with Gasteiger partial charge < -0.3 is 5.11 Å². The van der Waals surface area contributed by atoms with E-state index in [0.29, 0.717) is 0 Å².